The third-order valence-corrected chi connectivity index (χ3v) is 12.8. The van der Waals surface area contributed by atoms with Gasteiger partial charge in [-0.1, -0.05) is 132 Å². The van der Waals surface area contributed by atoms with Crippen LogP contribution in [0.4, 0.5) is 17.1 Å². The van der Waals surface area contributed by atoms with E-state index in [2.05, 4.69) is 135 Å². The van der Waals surface area contributed by atoms with Crippen molar-refractivity contribution in [3.8, 4) is 17.3 Å². The van der Waals surface area contributed by atoms with Crippen LogP contribution in [0.2, 0.25) is 19.6 Å². The number of anilines is 2. The molecule has 0 bridgehead atoms. The van der Waals surface area contributed by atoms with Crippen molar-refractivity contribution in [3.05, 3.63) is 167 Å². The number of aromatic nitrogens is 1. The van der Waals surface area contributed by atoms with Crippen LogP contribution < -0.4 is 10.1 Å². The monoisotopic (exact) mass is 953 g/mol. The predicted octanol–water partition coefficient (Wildman–Crippen LogP) is 13.8. The molecule has 0 amide bonds. The van der Waals surface area contributed by atoms with E-state index in [0.29, 0.717) is 11.1 Å². The molecule has 0 N–H and O–H groups in total. The minimum Gasteiger partial charge on any atom is -0.660 e. The van der Waals surface area contributed by atoms with Gasteiger partial charge in [0.2, 0.25) is 0 Å². The number of benzene rings is 6. The molecule has 2 aromatic heterocycles. The minimum absolute atomic E-state index is 0. The van der Waals surface area contributed by atoms with Gasteiger partial charge in [0.1, 0.15) is 5.58 Å². The Balaban J connectivity index is 0.000000214. The first-order valence-electron chi connectivity index (χ1n) is 20.0. The van der Waals surface area contributed by atoms with E-state index >= 15 is 0 Å². The summed E-state index contributed by atoms with van der Waals surface area (Å²) < 4.78 is 14.8. The number of fused-ring (bicyclic) bond motifs is 6. The molecule has 0 radical (unpaired) electrons. The van der Waals surface area contributed by atoms with Crippen molar-refractivity contribution in [1.82, 2.24) is 4.98 Å². The van der Waals surface area contributed by atoms with Crippen LogP contribution in [0.15, 0.2) is 132 Å². The zero-order valence-electron chi connectivity index (χ0n) is 35.2. The van der Waals surface area contributed by atoms with E-state index in [4.69, 9.17) is 11.1 Å². The van der Waals surface area contributed by atoms with Crippen LogP contribution in [-0.4, -0.2) is 13.1 Å². The largest absolute Gasteiger partial charge is 3.00 e. The van der Waals surface area contributed by atoms with E-state index in [0.717, 1.165) is 66.6 Å². The first kappa shape index (κ1) is 39.3. The fourth-order valence-corrected chi connectivity index (χ4v) is 9.30. The van der Waals surface area contributed by atoms with Gasteiger partial charge in [-0.2, -0.15) is 12.1 Å². The Morgan fingerprint density at radius 2 is 1.60 bits per heavy atom. The summed E-state index contributed by atoms with van der Waals surface area (Å²) in [5.74, 6) is -0.609. The topological polar surface area (TPSA) is 67.2 Å². The van der Waals surface area contributed by atoms with E-state index in [1.165, 1.54) is 10.8 Å². The van der Waals surface area contributed by atoms with Crippen LogP contribution in [0.3, 0.4) is 0 Å². The molecular weight excluding hydrogens is 905 g/mol. The third-order valence-electron chi connectivity index (χ3n) is 10.7. The standard InChI is InChI=1S/C34H25N3O.C17H22NSi.Ir/c1-34(2,3)23-14-16-24(17-15-23)37-28-19-13-21-8-4-5-9-25(21)31(28)36-33(37)27-18-12-22(20-35)30-26-10-6-7-11-29(26)38-32(27)30;1-13(2)15-11-16(14-9-7-6-8-10-14)18-12-17(15)19(3,4)5;/h4-17,19,33H,1-3H3;6-9,11-13H,1-5H3;/q-2;-1;+3/i;13D;. The fourth-order valence-electron chi connectivity index (χ4n) is 7.72. The average Bonchev–Trinajstić information content (AvgIpc) is 3.80. The first-order chi connectivity index (χ1) is 27.6. The number of nitrogens with zero attached hydrogens (tertiary/aromatic N) is 4. The molecule has 0 spiro atoms. The number of rotatable bonds is 5. The normalized spacial score (nSPS) is 14.2. The van der Waals surface area contributed by atoms with Crippen LogP contribution in [0.5, 0.6) is 0 Å². The summed E-state index contributed by atoms with van der Waals surface area (Å²) in [6, 6.07) is 49.9. The van der Waals surface area contributed by atoms with E-state index in [-0.39, 0.29) is 25.5 Å². The molecule has 8 aromatic rings. The van der Waals surface area contributed by atoms with Crippen LogP contribution in [0, 0.1) is 23.5 Å². The number of furan rings is 1. The molecule has 0 saturated carbocycles. The molecule has 3 heterocycles. The molecule has 5 nitrogen and oxygen atoms in total. The molecule has 0 saturated heterocycles. The summed E-state index contributed by atoms with van der Waals surface area (Å²) >= 11 is 0. The summed E-state index contributed by atoms with van der Waals surface area (Å²) in [6.45, 7) is 17.5. The molecule has 7 heteroatoms. The number of hydrogen-bond acceptors (Lipinski definition) is 4. The molecule has 1 unspecified atom stereocenters. The second kappa shape index (κ2) is 16.0. The van der Waals surface area contributed by atoms with Crippen molar-refractivity contribution < 1.29 is 25.9 Å². The summed E-state index contributed by atoms with van der Waals surface area (Å²) in [5, 5.41) is 20.5. The summed E-state index contributed by atoms with van der Waals surface area (Å²) in [7, 11) is -1.50. The van der Waals surface area contributed by atoms with Crippen molar-refractivity contribution in [3.63, 3.8) is 0 Å². The zero-order valence-corrected chi connectivity index (χ0v) is 37.6. The Hall–Kier alpha value is -5.51. The quantitative estimate of drug-likeness (QED) is 0.127. The summed E-state index contributed by atoms with van der Waals surface area (Å²) in [5.41, 5.74) is 10.1. The van der Waals surface area contributed by atoms with Gasteiger partial charge in [0.05, 0.1) is 8.07 Å². The molecule has 0 aliphatic carbocycles. The van der Waals surface area contributed by atoms with Crippen molar-refractivity contribution >= 4 is 63.0 Å². The fraction of sp³-hybridized carbons (Fsp3) is 0.216. The molecule has 0 fully saturated rings. The molecule has 1 aliphatic rings. The van der Waals surface area contributed by atoms with Gasteiger partial charge in [-0.25, -0.2) is 5.26 Å². The van der Waals surface area contributed by atoms with Crippen molar-refractivity contribution in [1.29, 1.82) is 5.26 Å². The Labute approximate surface area is 358 Å². The average molecular weight is 953 g/mol. The van der Waals surface area contributed by atoms with E-state index < -0.39 is 20.1 Å². The van der Waals surface area contributed by atoms with Crippen LogP contribution in [0.25, 0.3) is 49.3 Å². The SMILES string of the molecule is CC(C)(C)c1ccc(N2c3ccc4ccccc4c3[N-]C2c2[c-]cc(C#N)c3c2oc2ccccc23)cc1.[2H]C(C)(C)c1cc(-c2[c-]cccc2)ncc1[Si](C)(C)C.[Ir+3]. The second-order valence-electron chi connectivity index (χ2n) is 17.0. The van der Waals surface area contributed by atoms with Crippen molar-refractivity contribution in [2.45, 2.75) is 71.7 Å². The second-order valence-corrected chi connectivity index (χ2v) is 22.0. The Morgan fingerprint density at radius 1 is 0.897 bits per heavy atom. The van der Waals surface area contributed by atoms with Crippen LogP contribution in [-0.2, 0) is 25.5 Å². The molecule has 6 aromatic carbocycles. The van der Waals surface area contributed by atoms with E-state index in [9.17, 15) is 5.26 Å². The van der Waals surface area contributed by atoms with Gasteiger partial charge in [0, 0.05) is 36.0 Å². The molecular formula is C51H47IrN4OSi. The van der Waals surface area contributed by atoms with Gasteiger partial charge >= 0.3 is 20.1 Å². The Morgan fingerprint density at radius 3 is 2.28 bits per heavy atom. The van der Waals surface area contributed by atoms with Crippen molar-refractivity contribution in [2.24, 2.45) is 0 Å². The maximum absolute atomic E-state index is 9.91. The Bertz CT molecular complexity index is 2850. The molecule has 290 valence electrons. The maximum atomic E-state index is 9.91. The maximum Gasteiger partial charge on any atom is 3.00 e. The van der Waals surface area contributed by atoms with E-state index in [1.807, 2.05) is 68.6 Å². The zero-order chi connectivity index (χ0) is 41.0. The van der Waals surface area contributed by atoms with Crippen molar-refractivity contribution in [2.75, 3.05) is 4.90 Å². The molecule has 58 heavy (non-hydrogen) atoms. The first-order valence-corrected chi connectivity index (χ1v) is 23.0. The van der Waals surface area contributed by atoms with Gasteiger partial charge in [-0.05, 0) is 74.5 Å². The Kier molecular flexibility index (Phi) is 10.9. The van der Waals surface area contributed by atoms with E-state index in [1.54, 1.807) is 6.07 Å². The number of hydrogen-bond donors (Lipinski definition) is 0. The smallest absolute Gasteiger partial charge is 0.660 e. The summed E-state index contributed by atoms with van der Waals surface area (Å²) in [6.07, 6.45) is 1.58. The number of para-hydroxylation sites is 1. The van der Waals surface area contributed by atoms with Gasteiger partial charge in [-0.15, -0.1) is 47.1 Å². The summed E-state index contributed by atoms with van der Waals surface area (Å²) in [4.78, 5) is 6.87. The van der Waals surface area contributed by atoms with Crippen LogP contribution >= 0.6 is 0 Å². The van der Waals surface area contributed by atoms with Gasteiger partial charge < -0.3 is 19.6 Å². The number of nitriles is 1. The van der Waals surface area contributed by atoms with Gasteiger partial charge in [0.15, 0.2) is 0 Å². The van der Waals surface area contributed by atoms with Gasteiger partial charge in [0.25, 0.3) is 0 Å². The predicted molar refractivity (Wildman–Crippen MR) is 240 cm³/mol. The molecule has 9 rings (SSSR count). The molecule has 1 aliphatic heterocycles. The molecule has 1 atom stereocenters. The van der Waals surface area contributed by atoms with Gasteiger partial charge in [-0.3, -0.25) is 0 Å². The van der Waals surface area contributed by atoms with Crippen LogP contribution in [0.1, 0.15) is 70.3 Å². The third kappa shape index (κ3) is 7.61. The number of pyridine rings is 1. The minimum atomic E-state index is -1.50.